The van der Waals surface area contributed by atoms with Crippen LogP contribution in [0.3, 0.4) is 0 Å². The minimum absolute atomic E-state index is 0.292. The van der Waals surface area contributed by atoms with Crippen molar-refractivity contribution in [2.75, 3.05) is 6.61 Å². The second-order valence-electron chi connectivity index (χ2n) is 3.39. The fourth-order valence-corrected chi connectivity index (χ4v) is 1.43. The number of benzene rings is 1. The smallest absolute Gasteiger partial charge is 0.330 e. The summed E-state index contributed by atoms with van der Waals surface area (Å²) in [6, 6.07) is 6.06. The lowest BCUT2D eigenvalue weighted by molar-refractivity contribution is -0.137. The fraction of sp³-hybridized carbons (Fsp3) is 0.308. The molecule has 0 saturated carbocycles. The monoisotopic (exact) mass is 204 g/mol. The van der Waals surface area contributed by atoms with Crippen molar-refractivity contribution in [1.82, 2.24) is 0 Å². The van der Waals surface area contributed by atoms with E-state index in [2.05, 4.69) is 0 Å². The minimum atomic E-state index is -0.292. The van der Waals surface area contributed by atoms with E-state index in [-0.39, 0.29) is 5.97 Å². The Labute approximate surface area is 90.6 Å². The van der Waals surface area contributed by atoms with Gasteiger partial charge in [0.1, 0.15) is 0 Å². The van der Waals surface area contributed by atoms with Crippen molar-refractivity contribution < 1.29 is 9.53 Å². The molecule has 0 aliphatic heterocycles. The second-order valence-corrected chi connectivity index (χ2v) is 3.39. The first-order valence-electron chi connectivity index (χ1n) is 5.06. The van der Waals surface area contributed by atoms with E-state index in [1.54, 1.807) is 6.92 Å². The molecule has 1 rings (SSSR count). The van der Waals surface area contributed by atoms with Crippen molar-refractivity contribution in [2.24, 2.45) is 0 Å². The van der Waals surface area contributed by atoms with Gasteiger partial charge in [0.25, 0.3) is 0 Å². The highest BCUT2D eigenvalue weighted by molar-refractivity contribution is 5.87. The molecule has 0 atom stereocenters. The Morgan fingerprint density at radius 3 is 2.47 bits per heavy atom. The predicted octanol–water partition coefficient (Wildman–Crippen LogP) is 2.88. The molecule has 2 nitrogen and oxygen atoms in total. The molecule has 2 heteroatoms. The van der Waals surface area contributed by atoms with Gasteiger partial charge in [-0.15, -0.1) is 0 Å². The zero-order valence-corrected chi connectivity index (χ0v) is 9.41. The molecule has 0 spiro atoms. The zero-order valence-electron chi connectivity index (χ0n) is 9.41. The van der Waals surface area contributed by atoms with Crippen LogP contribution in [0.15, 0.2) is 24.3 Å². The van der Waals surface area contributed by atoms with Crippen LogP contribution in [0.4, 0.5) is 0 Å². The lowest BCUT2D eigenvalue weighted by Crippen LogP contribution is -1.99. The van der Waals surface area contributed by atoms with Gasteiger partial charge in [-0.2, -0.15) is 0 Å². The van der Waals surface area contributed by atoms with Crippen LogP contribution >= 0.6 is 0 Å². The Kier molecular flexibility index (Phi) is 4.10. The molecule has 0 aromatic heterocycles. The molecular weight excluding hydrogens is 188 g/mol. The third kappa shape index (κ3) is 3.24. The van der Waals surface area contributed by atoms with Crippen molar-refractivity contribution in [3.8, 4) is 0 Å². The standard InChI is InChI=1S/C13H16O2/c1-4-15-13(14)9-8-12-10(2)6-5-7-11(12)3/h5-9H,4H2,1-3H3. The van der Waals surface area contributed by atoms with Gasteiger partial charge in [-0.3, -0.25) is 0 Å². The van der Waals surface area contributed by atoms with Crippen LogP contribution in [0.5, 0.6) is 0 Å². The van der Waals surface area contributed by atoms with E-state index in [1.165, 1.54) is 6.08 Å². The Hall–Kier alpha value is -1.57. The van der Waals surface area contributed by atoms with Gasteiger partial charge in [-0.1, -0.05) is 18.2 Å². The summed E-state index contributed by atoms with van der Waals surface area (Å²) < 4.78 is 4.82. The van der Waals surface area contributed by atoms with E-state index in [1.807, 2.05) is 38.1 Å². The third-order valence-corrected chi connectivity index (χ3v) is 2.21. The Morgan fingerprint density at radius 1 is 1.33 bits per heavy atom. The molecule has 0 aliphatic carbocycles. The molecule has 0 fully saturated rings. The summed E-state index contributed by atoms with van der Waals surface area (Å²) in [5.74, 6) is -0.292. The average Bonchev–Trinajstić information content (AvgIpc) is 2.17. The van der Waals surface area contributed by atoms with Crippen LogP contribution in [0.25, 0.3) is 6.08 Å². The highest BCUT2D eigenvalue weighted by Gasteiger charge is 1.99. The molecule has 0 bridgehead atoms. The highest BCUT2D eigenvalue weighted by atomic mass is 16.5. The van der Waals surface area contributed by atoms with Gasteiger partial charge in [-0.25, -0.2) is 4.79 Å². The van der Waals surface area contributed by atoms with Crippen molar-refractivity contribution in [3.63, 3.8) is 0 Å². The topological polar surface area (TPSA) is 26.3 Å². The summed E-state index contributed by atoms with van der Waals surface area (Å²) in [6.07, 6.45) is 3.28. The number of hydrogen-bond donors (Lipinski definition) is 0. The van der Waals surface area contributed by atoms with Crippen molar-refractivity contribution in [2.45, 2.75) is 20.8 Å². The normalized spacial score (nSPS) is 10.6. The molecule has 0 heterocycles. The summed E-state index contributed by atoms with van der Waals surface area (Å²) in [6.45, 7) is 6.26. The molecule has 1 aromatic rings. The molecule has 0 radical (unpaired) electrons. The summed E-state index contributed by atoms with van der Waals surface area (Å²) in [7, 11) is 0. The quantitative estimate of drug-likeness (QED) is 0.559. The van der Waals surface area contributed by atoms with Crippen LogP contribution in [-0.2, 0) is 9.53 Å². The zero-order chi connectivity index (χ0) is 11.3. The molecule has 0 aliphatic rings. The Balaban J connectivity index is 2.84. The minimum Gasteiger partial charge on any atom is -0.463 e. The maximum atomic E-state index is 11.1. The molecule has 1 aromatic carbocycles. The van der Waals surface area contributed by atoms with Crippen molar-refractivity contribution in [3.05, 3.63) is 41.0 Å². The van der Waals surface area contributed by atoms with E-state index < -0.39 is 0 Å². The van der Waals surface area contributed by atoms with Gasteiger partial charge in [0.15, 0.2) is 0 Å². The number of hydrogen-bond acceptors (Lipinski definition) is 2. The molecular formula is C13H16O2. The maximum absolute atomic E-state index is 11.1. The fourth-order valence-electron chi connectivity index (χ4n) is 1.43. The second kappa shape index (κ2) is 5.35. The van der Waals surface area contributed by atoms with E-state index in [0.717, 1.165) is 16.7 Å². The first-order valence-corrected chi connectivity index (χ1v) is 5.06. The van der Waals surface area contributed by atoms with Crippen LogP contribution in [0.2, 0.25) is 0 Å². The lowest BCUT2D eigenvalue weighted by Gasteiger charge is -2.03. The molecule has 15 heavy (non-hydrogen) atoms. The van der Waals surface area contributed by atoms with Gasteiger partial charge in [0.05, 0.1) is 6.61 Å². The molecule has 80 valence electrons. The van der Waals surface area contributed by atoms with E-state index >= 15 is 0 Å². The number of carbonyl (C=O) groups is 1. The number of esters is 1. The van der Waals surface area contributed by atoms with Crippen LogP contribution in [-0.4, -0.2) is 12.6 Å². The molecule has 0 amide bonds. The van der Waals surface area contributed by atoms with Crippen LogP contribution in [0, 0.1) is 13.8 Å². The summed E-state index contributed by atoms with van der Waals surface area (Å²) >= 11 is 0. The predicted molar refractivity (Wildman–Crippen MR) is 61.6 cm³/mol. The van der Waals surface area contributed by atoms with Crippen molar-refractivity contribution >= 4 is 12.0 Å². The third-order valence-electron chi connectivity index (χ3n) is 2.21. The van der Waals surface area contributed by atoms with Gasteiger partial charge in [0.2, 0.25) is 0 Å². The Bertz CT molecular complexity index is 358. The molecule has 0 unspecified atom stereocenters. The molecule has 0 N–H and O–H groups in total. The summed E-state index contributed by atoms with van der Waals surface area (Å²) in [5, 5.41) is 0. The van der Waals surface area contributed by atoms with Gasteiger partial charge >= 0.3 is 5.97 Å². The Morgan fingerprint density at radius 2 is 1.93 bits per heavy atom. The van der Waals surface area contributed by atoms with E-state index in [0.29, 0.717) is 6.61 Å². The van der Waals surface area contributed by atoms with E-state index in [9.17, 15) is 4.79 Å². The van der Waals surface area contributed by atoms with E-state index in [4.69, 9.17) is 4.74 Å². The van der Waals surface area contributed by atoms with Gasteiger partial charge < -0.3 is 4.74 Å². The van der Waals surface area contributed by atoms with Crippen molar-refractivity contribution in [1.29, 1.82) is 0 Å². The number of aryl methyl sites for hydroxylation is 2. The first-order chi connectivity index (χ1) is 7.15. The average molecular weight is 204 g/mol. The number of ether oxygens (including phenoxy) is 1. The van der Waals surface area contributed by atoms with Crippen LogP contribution in [0.1, 0.15) is 23.6 Å². The summed E-state index contributed by atoms with van der Waals surface area (Å²) in [5.41, 5.74) is 3.41. The van der Waals surface area contributed by atoms with Gasteiger partial charge in [-0.05, 0) is 43.5 Å². The van der Waals surface area contributed by atoms with Gasteiger partial charge in [0, 0.05) is 6.08 Å². The lowest BCUT2D eigenvalue weighted by atomic mass is 10.0. The maximum Gasteiger partial charge on any atom is 0.330 e. The summed E-state index contributed by atoms with van der Waals surface area (Å²) in [4.78, 5) is 11.1. The van der Waals surface area contributed by atoms with Crippen LogP contribution < -0.4 is 0 Å². The largest absolute Gasteiger partial charge is 0.463 e. The molecule has 0 saturated heterocycles. The SMILES string of the molecule is CCOC(=O)C=Cc1c(C)cccc1C. The number of rotatable bonds is 3. The number of carbonyl (C=O) groups excluding carboxylic acids is 1. The highest BCUT2D eigenvalue weighted by Crippen LogP contribution is 2.14. The first kappa shape index (κ1) is 11.5.